The van der Waals surface area contributed by atoms with E-state index in [1.807, 2.05) is 19.1 Å². The Hall–Kier alpha value is -1.69. The van der Waals surface area contributed by atoms with Crippen molar-refractivity contribution in [3.8, 4) is 5.75 Å². The van der Waals surface area contributed by atoms with Crippen LogP contribution in [-0.2, 0) is 6.42 Å². The fraction of sp³-hybridized carbons (Fsp3) is 0.462. The van der Waals surface area contributed by atoms with Gasteiger partial charge >= 0.3 is 5.66 Å². The highest BCUT2D eigenvalue weighted by atomic mass is 16.3. The number of aryl methyl sites for hydroxylation is 1. The Balaban J connectivity index is 2.19. The average Bonchev–Trinajstić information content (AvgIpc) is 2.25. The molecule has 16 heavy (non-hydrogen) atoms. The Labute approximate surface area is 95.9 Å². The van der Waals surface area contributed by atoms with E-state index in [1.54, 1.807) is 6.07 Å². The second-order valence-corrected chi connectivity index (χ2v) is 4.32. The first-order valence-corrected chi connectivity index (χ1v) is 5.68. The number of nitrogens with zero attached hydrogens (tertiary/aromatic N) is 1. The largest absolute Gasteiger partial charge is 0.508 e. The van der Waals surface area contributed by atoms with E-state index in [-0.39, 0.29) is 5.66 Å². The van der Waals surface area contributed by atoms with Gasteiger partial charge in [-0.05, 0) is 36.6 Å². The fourth-order valence-corrected chi connectivity index (χ4v) is 1.99. The van der Waals surface area contributed by atoms with Crippen LogP contribution in [0.15, 0.2) is 18.2 Å². The highest BCUT2D eigenvalue weighted by Gasteiger charge is 2.43. The molecule has 1 aliphatic carbocycles. The van der Waals surface area contributed by atoms with Crippen molar-refractivity contribution in [2.24, 2.45) is 0 Å². The van der Waals surface area contributed by atoms with Gasteiger partial charge in [0, 0.05) is 18.5 Å². The molecule has 0 bridgehead atoms. The quantitative estimate of drug-likeness (QED) is 0.601. The lowest BCUT2D eigenvalue weighted by molar-refractivity contribution is 0.343. The van der Waals surface area contributed by atoms with Crippen LogP contribution in [0.4, 0.5) is 5.69 Å². The lowest BCUT2D eigenvalue weighted by Crippen LogP contribution is -2.41. The van der Waals surface area contributed by atoms with Crippen LogP contribution in [0.1, 0.15) is 31.7 Å². The van der Waals surface area contributed by atoms with Crippen LogP contribution < -0.4 is 5.32 Å². The van der Waals surface area contributed by atoms with Gasteiger partial charge in [-0.25, -0.2) is 6.57 Å². The minimum Gasteiger partial charge on any atom is -0.508 e. The van der Waals surface area contributed by atoms with Crippen molar-refractivity contribution in [2.75, 3.05) is 5.32 Å². The molecule has 0 radical (unpaired) electrons. The summed E-state index contributed by atoms with van der Waals surface area (Å²) in [5.74, 6) is 0.332. The molecule has 2 N–H and O–H groups in total. The molecule has 0 aliphatic heterocycles. The van der Waals surface area contributed by atoms with E-state index in [0.29, 0.717) is 5.75 Å². The third-order valence-corrected chi connectivity index (χ3v) is 3.23. The Morgan fingerprint density at radius 3 is 2.75 bits per heavy atom. The number of anilines is 1. The molecule has 0 amide bonds. The highest BCUT2D eigenvalue weighted by molar-refractivity contribution is 5.53. The Kier molecular flexibility index (Phi) is 2.74. The molecule has 0 atom stereocenters. The molecule has 0 saturated heterocycles. The van der Waals surface area contributed by atoms with Crippen molar-refractivity contribution in [3.63, 3.8) is 0 Å². The van der Waals surface area contributed by atoms with Crippen molar-refractivity contribution in [1.82, 2.24) is 0 Å². The van der Waals surface area contributed by atoms with Gasteiger partial charge in [0.15, 0.2) is 0 Å². The fourth-order valence-electron chi connectivity index (χ4n) is 1.99. The molecule has 0 aromatic heterocycles. The predicted molar refractivity (Wildman–Crippen MR) is 64.3 cm³/mol. The third kappa shape index (κ3) is 1.83. The molecule has 1 fully saturated rings. The monoisotopic (exact) mass is 216 g/mol. The number of benzene rings is 1. The summed E-state index contributed by atoms with van der Waals surface area (Å²) in [7, 11) is 0. The van der Waals surface area contributed by atoms with Crippen LogP contribution in [0.3, 0.4) is 0 Å². The standard InChI is InChI=1S/C13H16N2O/c1-3-10-9-11(5-6-12(10)16)15-13(14-2)7-4-8-13/h5-6,9,15-16H,3-4,7-8H2,1H3. The maximum atomic E-state index is 9.57. The summed E-state index contributed by atoms with van der Waals surface area (Å²) < 4.78 is 0. The number of rotatable bonds is 3. The number of hydrogen-bond acceptors (Lipinski definition) is 2. The maximum Gasteiger partial charge on any atom is 0.305 e. The first-order valence-electron chi connectivity index (χ1n) is 5.68. The molecular weight excluding hydrogens is 200 g/mol. The zero-order valence-electron chi connectivity index (χ0n) is 9.45. The molecule has 1 aromatic carbocycles. The Bertz CT molecular complexity index is 430. The topological polar surface area (TPSA) is 36.6 Å². The van der Waals surface area contributed by atoms with Crippen LogP contribution in [0.2, 0.25) is 0 Å². The van der Waals surface area contributed by atoms with Crippen molar-refractivity contribution in [2.45, 2.75) is 38.3 Å². The summed E-state index contributed by atoms with van der Waals surface area (Å²) in [5, 5.41) is 12.9. The van der Waals surface area contributed by atoms with Gasteiger partial charge in [0.05, 0.1) is 0 Å². The van der Waals surface area contributed by atoms with Crippen molar-refractivity contribution in [1.29, 1.82) is 0 Å². The molecular formula is C13H16N2O. The van der Waals surface area contributed by atoms with E-state index in [0.717, 1.165) is 36.9 Å². The third-order valence-electron chi connectivity index (χ3n) is 3.23. The lowest BCUT2D eigenvalue weighted by Gasteiger charge is -2.31. The molecule has 2 rings (SSSR count). The smallest absolute Gasteiger partial charge is 0.305 e. The van der Waals surface area contributed by atoms with Crippen molar-refractivity contribution in [3.05, 3.63) is 35.2 Å². The molecule has 0 heterocycles. The lowest BCUT2D eigenvalue weighted by atomic mass is 9.85. The van der Waals surface area contributed by atoms with Crippen molar-refractivity contribution >= 4 is 5.69 Å². The Morgan fingerprint density at radius 2 is 2.25 bits per heavy atom. The molecule has 0 unspecified atom stereocenters. The van der Waals surface area contributed by atoms with E-state index >= 15 is 0 Å². The first-order chi connectivity index (χ1) is 7.69. The minimum atomic E-state index is -0.387. The van der Waals surface area contributed by atoms with Crippen LogP contribution in [0.25, 0.3) is 4.85 Å². The van der Waals surface area contributed by atoms with Crippen LogP contribution in [0, 0.1) is 6.57 Å². The zero-order valence-corrected chi connectivity index (χ0v) is 9.45. The van der Waals surface area contributed by atoms with E-state index in [1.165, 1.54) is 0 Å². The Morgan fingerprint density at radius 1 is 1.50 bits per heavy atom. The van der Waals surface area contributed by atoms with Gasteiger partial charge in [-0.1, -0.05) is 6.92 Å². The molecule has 1 aliphatic rings. The summed E-state index contributed by atoms with van der Waals surface area (Å²) in [6.07, 6.45) is 3.75. The van der Waals surface area contributed by atoms with E-state index in [4.69, 9.17) is 6.57 Å². The van der Waals surface area contributed by atoms with Gasteiger partial charge in [0.2, 0.25) is 0 Å². The van der Waals surface area contributed by atoms with Gasteiger partial charge in [-0.15, -0.1) is 0 Å². The molecule has 3 heteroatoms. The normalized spacial score (nSPS) is 17.2. The molecule has 3 nitrogen and oxygen atoms in total. The zero-order chi connectivity index (χ0) is 11.6. The summed E-state index contributed by atoms with van der Waals surface area (Å²) >= 11 is 0. The first kappa shape index (κ1) is 10.8. The number of phenolic OH excluding ortho intramolecular Hbond substituents is 1. The molecule has 1 saturated carbocycles. The predicted octanol–water partition coefficient (Wildman–Crippen LogP) is 3.17. The van der Waals surface area contributed by atoms with Gasteiger partial charge in [0.25, 0.3) is 0 Å². The van der Waals surface area contributed by atoms with Crippen LogP contribution in [-0.4, -0.2) is 10.8 Å². The van der Waals surface area contributed by atoms with Crippen LogP contribution >= 0.6 is 0 Å². The summed E-state index contributed by atoms with van der Waals surface area (Å²) in [6.45, 7) is 9.22. The summed E-state index contributed by atoms with van der Waals surface area (Å²) in [5.41, 5.74) is 1.47. The van der Waals surface area contributed by atoms with Crippen molar-refractivity contribution < 1.29 is 5.11 Å². The highest BCUT2D eigenvalue weighted by Crippen LogP contribution is 2.37. The summed E-state index contributed by atoms with van der Waals surface area (Å²) in [4.78, 5) is 3.67. The van der Waals surface area contributed by atoms with Crippen LogP contribution in [0.5, 0.6) is 5.75 Å². The van der Waals surface area contributed by atoms with E-state index < -0.39 is 0 Å². The average molecular weight is 216 g/mol. The van der Waals surface area contributed by atoms with Gasteiger partial charge in [-0.3, -0.25) is 4.85 Å². The molecule has 84 valence electrons. The molecule has 0 spiro atoms. The SMILES string of the molecule is [C-]#[N+]C1(Nc2ccc(O)c(CC)c2)CCC1. The number of phenols is 1. The minimum absolute atomic E-state index is 0.332. The second kappa shape index (κ2) is 4.05. The number of nitrogens with one attached hydrogen (secondary N) is 1. The number of aromatic hydroxyl groups is 1. The maximum absolute atomic E-state index is 9.57. The van der Waals surface area contributed by atoms with Gasteiger partial charge in [0.1, 0.15) is 5.75 Å². The van der Waals surface area contributed by atoms with Gasteiger partial charge < -0.3 is 10.4 Å². The second-order valence-electron chi connectivity index (χ2n) is 4.32. The van der Waals surface area contributed by atoms with Gasteiger partial charge in [-0.2, -0.15) is 0 Å². The summed E-state index contributed by atoms with van der Waals surface area (Å²) in [6, 6.07) is 5.46. The number of hydrogen-bond donors (Lipinski definition) is 2. The molecule has 1 aromatic rings. The van der Waals surface area contributed by atoms with E-state index in [9.17, 15) is 5.11 Å². The van der Waals surface area contributed by atoms with E-state index in [2.05, 4.69) is 10.2 Å².